The highest BCUT2D eigenvalue weighted by molar-refractivity contribution is 5.59. The molecule has 1 atom stereocenters. The highest BCUT2D eigenvalue weighted by Crippen LogP contribution is 2.44. The summed E-state index contributed by atoms with van der Waals surface area (Å²) in [6.07, 6.45) is 2.32. The van der Waals surface area contributed by atoms with E-state index in [1.807, 2.05) is 13.0 Å². The highest BCUT2D eigenvalue weighted by Gasteiger charge is 2.32. The summed E-state index contributed by atoms with van der Waals surface area (Å²) < 4.78 is 0. The van der Waals surface area contributed by atoms with E-state index >= 15 is 0 Å². The molecule has 1 saturated carbocycles. The lowest BCUT2D eigenvalue weighted by Crippen LogP contribution is -2.14. The van der Waals surface area contributed by atoms with Crippen LogP contribution >= 0.6 is 0 Å². The third-order valence-corrected chi connectivity index (χ3v) is 2.93. The van der Waals surface area contributed by atoms with E-state index in [1.54, 1.807) is 6.07 Å². The Balaban J connectivity index is 2.43. The van der Waals surface area contributed by atoms with Gasteiger partial charge in [0.05, 0.1) is 5.69 Å². The number of phenols is 1. The fourth-order valence-electron chi connectivity index (χ4n) is 1.84. The van der Waals surface area contributed by atoms with Crippen molar-refractivity contribution in [1.29, 1.82) is 0 Å². The van der Waals surface area contributed by atoms with Crippen molar-refractivity contribution in [2.75, 3.05) is 5.73 Å². The zero-order valence-electron chi connectivity index (χ0n) is 8.33. The fourth-order valence-corrected chi connectivity index (χ4v) is 1.84. The molecular formula is C11H16N2O. The van der Waals surface area contributed by atoms with E-state index in [1.165, 1.54) is 0 Å². The van der Waals surface area contributed by atoms with E-state index in [4.69, 9.17) is 11.5 Å². The lowest BCUT2D eigenvalue weighted by atomic mass is 9.96. The second kappa shape index (κ2) is 3.17. The summed E-state index contributed by atoms with van der Waals surface area (Å²) >= 11 is 0. The first-order valence-electron chi connectivity index (χ1n) is 4.94. The van der Waals surface area contributed by atoms with Crippen LogP contribution in [0, 0.1) is 12.8 Å². The van der Waals surface area contributed by atoms with Gasteiger partial charge in [-0.15, -0.1) is 0 Å². The van der Waals surface area contributed by atoms with E-state index in [0.717, 1.165) is 24.0 Å². The number of phenolic OH excluding ortho intramolecular Hbond substituents is 1. The smallest absolute Gasteiger partial charge is 0.143 e. The zero-order valence-corrected chi connectivity index (χ0v) is 8.33. The van der Waals surface area contributed by atoms with Gasteiger partial charge < -0.3 is 16.6 Å². The second-order valence-electron chi connectivity index (χ2n) is 4.10. The van der Waals surface area contributed by atoms with E-state index in [9.17, 15) is 5.11 Å². The van der Waals surface area contributed by atoms with Crippen molar-refractivity contribution >= 4 is 5.69 Å². The minimum atomic E-state index is -0.0569. The monoisotopic (exact) mass is 192 g/mol. The number of nitrogen functional groups attached to an aromatic ring is 1. The normalized spacial score (nSPS) is 18.1. The minimum Gasteiger partial charge on any atom is -0.505 e. The molecule has 76 valence electrons. The van der Waals surface area contributed by atoms with E-state index in [0.29, 0.717) is 11.6 Å². The molecule has 1 aliphatic rings. The summed E-state index contributed by atoms with van der Waals surface area (Å²) in [5.41, 5.74) is 14.0. The zero-order chi connectivity index (χ0) is 10.3. The van der Waals surface area contributed by atoms with Gasteiger partial charge in [0.15, 0.2) is 0 Å². The topological polar surface area (TPSA) is 72.3 Å². The van der Waals surface area contributed by atoms with Gasteiger partial charge in [0, 0.05) is 11.6 Å². The molecule has 0 saturated heterocycles. The lowest BCUT2D eigenvalue weighted by molar-refractivity contribution is 0.457. The summed E-state index contributed by atoms with van der Waals surface area (Å²) in [4.78, 5) is 0. The van der Waals surface area contributed by atoms with Crippen molar-refractivity contribution in [3.8, 4) is 5.75 Å². The van der Waals surface area contributed by atoms with Crippen LogP contribution < -0.4 is 11.5 Å². The summed E-state index contributed by atoms with van der Waals surface area (Å²) in [6.45, 7) is 1.96. The summed E-state index contributed by atoms with van der Waals surface area (Å²) in [5, 5.41) is 9.82. The van der Waals surface area contributed by atoms with Crippen molar-refractivity contribution in [3.05, 3.63) is 23.3 Å². The summed E-state index contributed by atoms with van der Waals surface area (Å²) in [6, 6.07) is 3.57. The number of anilines is 1. The van der Waals surface area contributed by atoms with Gasteiger partial charge in [0.2, 0.25) is 0 Å². The van der Waals surface area contributed by atoms with Gasteiger partial charge in [-0.25, -0.2) is 0 Å². The van der Waals surface area contributed by atoms with Crippen LogP contribution in [0.25, 0.3) is 0 Å². The summed E-state index contributed by atoms with van der Waals surface area (Å²) in [7, 11) is 0. The number of aromatic hydroxyl groups is 1. The predicted octanol–water partition coefficient (Wildman–Crippen LogP) is 1.69. The van der Waals surface area contributed by atoms with Crippen LogP contribution in [0.15, 0.2) is 12.1 Å². The fraction of sp³-hybridized carbons (Fsp3) is 0.455. The van der Waals surface area contributed by atoms with Gasteiger partial charge in [0.25, 0.3) is 0 Å². The summed E-state index contributed by atoms with van der Waals surface area (Å²) in [5.74, 6) is 0.700. The maximum atomic E-state index is 9.82. The third kappa shape index (κ3) is 1.44. The average molecular weight is 192 g/mol. The molecule has 1 aromatic rings. The van der Waals surface area contributed by atoms with Crippen LogP contribution in [0.4, 0.5) is 5.69 Å². The molecule has 3 heteroatoms. The molecule has 1 aromatic carbocycles. The molecule has 0 radical (unpaired) electrons. The standard InChI is InChI=1S/C11H16N2O/c1-6-2-5-8(12)11(14)9(6)10(13)7-3-4-7/h2,5,7,10,14H,3-4,12-13H2,1H3/t10-/m1/s1. The van der Waals surface area contributed by atoms with Gasteiger partial charge in [-0.05, 0) is 37.3 Å². The quantitative estimate of drug-likeness (QED) is 0.493. The molecule has 0 amide bonds. The third-order valence-electron chi connectivity index (χ3n) is 2.93. The van der Waals surface area contributed by atoms with E-state index < -0.39 is 0 Å². The molecule has 0 bridgehead atoms. The Hall–Kier alpha value is -1.22. The van der Waals surface area contributed by atoms with Gasteiger partial charge >= 0.3 is 0 Å². The first-order valence-corrected chi connectivity index (χ1v) is 4.94. The van der Waals surface area contributed by atoms with Crippen LogP contribution in [-0.2, 0) is 0 Å². The molecule has 0 heterocycles. The van der Waals surface area contributed by atoms with E-state index in [-0.39, 0.29) is 11.8 Å². The Labute approximate surface area is 83.7 Å². The molecule has 3 nitrogen and oxygen atoms in total. The molecule has 14 heavy (non-hydrogen) atoms. The lowest BCUT2D eigenvalue weighted by Gasteiger charge is -2.16. The van der Waals surface area contributed by atoms with Crippen LogP contribution in [0.3, 0.4) is 0 Å². The first kappa shape index (κ1) is 9.34. The molecular weight excluding hydrogens is 176 g/mol. The van der Waals surface area contributed by atoms with E-state index in [2.05, 4.69) is 0 Å². The maximum absolute atomic E-state index is 9.82. The van der Waals surface area contributed by atoms with Crippen LogP contribution in [0.1, 0.15) is 30.0 Å². The molecule has 0 aromatic heterocycles. The Kier molecular flexibility index (Phi) is 2.11. The number of nitrogens with two attached hydrogens (primary N) is 2. The Morgan fingerprint density at radius 1 is 1.43 bits per heavy atom. The maximum Gasteiger partial charge on any atom is 0.143 e. The highest BCUT2D eigenvalue weighted by atomic mass is 16.3. The molecule has 0 aliphatic heterocycles. The van der Waals surface area contributed by atoms with Gasteiger partial charge in [0.1, 0.15) is 5.75 Å². The number of benzene rings is 1. The van der Waals surface area contributed by atoms with Gasteiger partial charge in [-0.2, -0.15) is 0 Å². The molecule has 5 N–H and O–H groups in total. The molecule has 0 spiro atoms. The van der Waals surface area contributed by atoms with Crippen molar-refractivity contribution in [1.82, 2.24) is 0 Å². The first-order chi connectivity index (χ1) is 6.61. The molecule has 0 unspecified atom stereocenters. The van der Waals surface area contributed by atoms with Crippen LogP contribution in [-0.4, -0.2) is 5.11 Å². The van der Waals surface area contributed by atoms with Crippen LogP contribution in [0.2, 0.25) is 0 Å². The largest absolute Gasteiger partial charge is 0.505 e. The Bertz CT molecular complexity index is 359. The van der Waals surface area contributed by atoms with Crippen molar-refractivity contribution < 1.29 is 5.11 Å². The Morgan fingerprint density at radius 2 is 2.07 bits per heavy atom. The Morgan fingerprint density at radius 3 is 2.64 bits per heavy atom. The second-order valence-corrected chi connectivity index (χ2v) is 4.10. The molecule has 2 rings (SSSR count). The van der Waals surface area contributed by atoms with Crippen molar-refractivity contribution in [2.45, 2.75) is 25.8 Å². The van der Waals surface area contributed by atoms with Crippen LogP contribution in [0.5, 0.6) is 5.75 Å². The number of hydrogen-bond donors (Lipinski definition) is 3. The SMILES string of the molecule is Cc1ccc(N)c(O)c1[C@H](N)C1CC1. The minimum absolute atomic E-state index is 0.0569. The van der Waals surface area contributed by atoms with Gasteiger partial charge in [-0.1, -0.05) is 6.07 Å². The predicted molar refractivity (Wildman–Crippen MR) is 56.9 cm³/mol. The molecule has 1 aliphatic carbocycles. The number of rotatable bonds is 2. The van der Waals surface area contributed by atoms with Crippen molar-refractivity contribution in [2.24, 2.45) is 11.7 Å². The van der Waals surface area contributed by atoms with Crippen molar-refractivity contribution in [3.63, 3.8) is 0 Å². The molecule has 1 fully saturated rings. The number of aryl methyl sites for hydroxylation is 1. The van der Waals surface area contributed by atoms with Gasteiger partial charge in [-0.3, -0.25) is 0 Å². The average Bonchev–Trinajstić information content (AvgIpc) is 2.95. The number of hydrogen-bond acceptors (Lipinski definition) is 3.